The van der Waals surface area contributed by atoms with Crippen LogP contribution >= 0.6 is 0 Å². The molecule has 1 heterocycles. The molecule has 3 aromatic carbocycles. The van der Waals surface area contributed by atoms with Crippen LogP contribution in [0.4, 0.5) is 36.4 Å². The highest BCUT2D eigenvalue weighted by molar-refractivity contribution is 5.87. The Bertz CT molecular complexity index is 1420. The minimum Gasteiger partial charge on any atom is -0.478 e. The Kier molecular flexibility index (Phi) is 6.68. The molecule has 4 rings (SSSR count). The quantitative estimate of drug-likeness (QED) is 0.267. The smallest absolute Gasteiger partial charge is 0.416 e. The lowest BCUT2D eigenvalue weighted by molar-refractivity contribution is -0.138. The van der Waals surface area contributed by atoms with Crippen LogP contribution in [0, 0.1) is 5.82 Å². The van der Waals surface area contributed by atoms with Crippen LogP contribution in [0.1, 0.15) is 27.0 Å². The molecule has 0 spiro atoms. The van der Waals surface area contributed by atoms with Gasteiger partial charge in [-0.3, -0.25) is 0 Å². The first kappa shape index (κ1) is 25.7. The summed E-state index contributed by atoms with van der Waals surface area (Å²) >= 11 is 0. The number of carboxylic acids is 1. The molecule has 0 saturated carbocycles. The Morgan fingerprint density at radius 1 is 0.865 bits per heavy atom. The Morgan fingerprint density at radius 3 is 2.03 bits per heavy atom. The molecular weight excluding hydrogens is 507 g/mol. The van der Waals surface area contributed by atoms with E-state index in [0.717, 1.165) is 12.1 Å². The van der Waals surface area contributed by atoms with Crippen molar-refractivity contribution in [2.24, 2.45) is 0 Å². The van der Waals surface area contributed by atoms with E-state index in [1.54, 1.807) is 0 Å². The Balaban J connectivity index is 1.71. The summed E-state index contributed by atoms with van der Waals surface area (Å²) in [6.45, 7) is -0.220. The largest absolute Gasteiger partial charge is 0.478 e. The third kappa shape index (κ3) is 5.74. The Morgan fingerprint density at radius 2 is 1.46 bits per heavy atom. The summed E-state index contributed by atoms with van der Waals surface area (Å²) in [6, 6.07) is 11.6. The number of benzene rings is 3. The molecule has 1 aromatic heterocycles. The van der Waals surface area contributed by atoms with Crippen LogP contribution in [0.25, 0.3) is 16.9 Å². The van der Waals surface area contributed by atoms with E-state index >= 15 is 0 Å². The second-order valence-electron chi connectivity index (χ2n) is 7.92. The molecule has 4 aromatic rings. The van der Waals surface area contributed by atoms with Gasteiger partial charge < -0.3 is 10.4 Å². The molecule has 0 saturated heterocycles. The Labute approximate surface area is 204 Å². The van der Waals surface area contributed by atoms with Gasteiger partial charge in [-0.15, -0.1) is 0 Å². The normalized spacial score (nSPS) is 12.0. The van der Waals surface area contributed by atoms with E-state index < -0.39 is 41.0 Å². The van der Waals surface area contributed by atoms with E-state index in [1.165, 1.54) is 47.3 Å². The predicted molar refractivity (Wildman–Crippen MR) is 120 cm³/mol. The molecule has 0 aliphatic heterocycles. The number of halogens is 7. The van der Waals surface area contributed by atoms with Gasteiger partial charge in [0.2, 0.25) is 0 Å². The van der Waals surface area contributed by atoms with Crippen LogP contribution in [0.2, 0.25) is 0 Å². The summed E-state index contributed by atoms with van der Waals surface area (Å²) in [4.78, 5) is 11.1. The van der Waals surface area contributed by atoms with E-state index in [-0.39, 0.29) is 23.4 Å². The number of hydrogen-bond donors (Lipinski definition) is 2. The van der Waals surface area contributed by atoms with E-state index in [0.29, 0.717) is 29.4 Å². The van der Waals surface area contributed by atoms with Crippen molar-refractivity contribution in [2.75, 3.05) is 5.32 Å². The van der Waals surface area contributed by atoms with Gasteiger partial charge in [0, 0.05) is 23.9 Å². The summed E-state index contributed by atoms with van der Waals surface area (Å²) in [5, 5.41) is 16.1. The summed E-state index contributed by atoms with van der Waals surface area (Å²) in [7, 11) is 0. The standard InChI is InChI=1S/C25H16F7N3O2/c26-20-10-7-18(25(30,31)32)11-21(20)33-12-16-13-35(19-8-3-15(4-9-19)23(36)37)34-22(16)14-1-5-17(6-2-14)24(27,28)29/h1-11,13,33H,12H2,(H,36,37). The fraction of sp³-hybridized carbons (Fsp3) is 0.120. The van der Waals surface area contributed by atoms with Gasteiger partial charge in [0.1, 0.15) is 5.82 Å². The van der Waals surface area contributed by atoms with Gasteiger partial charge in [0.05, 0.1) is 33.8 Å². The van der Waals surface area contributed by atoms with Crippen LogP contribution in [-0.4, -0.2) is 20.9 Å². The van der Waals surface area contributed by atoms with E-state index in [2.05, 4.69) is 10.4 Å². The lowest BCUT2D eigenvalue weighted by Gasteiger charge is -2.12. The summed E-state index contributed by atoms with van der Waals surface area (Å²) in [5.41, 5.74) is -1.15. The van der Waals surface area contributed by atoms with Crippen molar-refractivity contribution < 1.29 is 40.6 Å². The number of hydrogen-bond acceptors (Lipinski definition) is 3. The van der Waals surface area contributed by atoms with E-state index in [4.69, 9.17) is 5.11 Å². The zero-order valence-corrected chi connectivity index (χ0v) is 18.5. The molecule has 192 valence electrons. The number of anilines is 1. The third-order valence-corrected chi connectivity index (χ3v) is 5.42. The van der Waals surface area contributed by atoms with Crippen molar-refractivity contribution in [1.29, 1.82) is 0 Å². The zero-order valence-electron chi connectivity index (χ0n) is 18.5. The van der Waals surface area contributed by atoms with Crippen LogP contribution in [0.15, 0.2) is 72.9 Å². The van der Waals surface area contributed by atoms with Gasteiger partial charge in [0.15, 0.2) is 0 Å². The van der Waals surface area contributed by atoms with Crippen molar-refractivity contribution in [3.8, 4) is 16.9 Å². The van der Waals surface area contributed by atoms with Gasteiger partial charge in [-0.25, -0.2) is 13.9 Å². The average molecular weight is 523 g/mol. The molecule has 12 heteroatoms. The molecule has 0 aliphatic rings. The molecule has 0 unspecified atom stereocenters. The second kappa shape index (κ2) is 9.60. The number of carbonyl (C=O) groups is 1. The van der Waals surface area contributed by atoms with Crippen LogP contribution in [0.5, 0.6) is 0 Å². The first-order valence-electron chi connectivity index (χ1n) is 10.5. The second-order valence-corrected chi connectivity index (χ2v) is 7.92. The molecular formula is C25H16F7N3O2. The van der Waals surface area contributed by atoms with Gasteiger partial charge in [-0.1, -0.05) is 12.1 Å². The number of carboxylic acid groups (broad SMARTS) is 1. The number of aromatic nitrogens is 2. The lowest BCUT2D eigenvalue weighted by Crippen LogP contribution is -2.08. The van der Waals surface area contributed by atoms with Crippen LogP contribution < -0.4 is 5.32 Å². The molecule has 0 fully saturated rings. The van der Waals surface area contributed by atoms with Crippen molar-refractivity contribution in [3.05, 3.63) is 101 Å². The molecule has 5 nitrogen and oxygen atoms in total. The average Bonchev–Trinajstić information content (AvgIpc) is 3.26. The summed E-state index contributed by atoms with van der Waals surface area (Å²) in [6.07, 6.45) is -7.79. The maximum atomic E-state index is 14.2. The van der Waals surface area contributed by atoms with Crippen molar-refractivity contribution >= 4 is 11.7 Å². The van der Waals surface area contributed by atoms with E-state index in [9.17, 15) is 35.5 Å². The first-order valence-corrected chi connectivity index (χ1v) is 10.5. The maximum Gasteiger partial charge on any atom is 0.416 e. The van der Waals surface area contributed by atoms with Crippen molar-refractivity contribution in [3.63, 3.8) is 0 Å². The molecule has 0 aliphatic carbocycles. The number of nitrogens with one attached hydrogen (secondary N) is 1. The molecule has 0 bridgehead atoms. The highest BCUT2D eigenvalue weighted by Gasteiger charge is 2.31. The molecule has 0 amide bonds. The van der Waals surface area contributed by atoms with E-state index in [1.807, 2.05) is 0 Å². The highest BCUT2D eigenvalue weighted by Crippen LogP contribution is 2.34. The minimum absolute atomic E-state index is 0.0146. The van der Waals surface area contributed by atoms with Gasteiger partial charge >= 0.3 is 18.3 Å². The van der Waals surface area contributed by atoms with Gasteiger partial charge in [0.25, 0.3) is 0 Å². The fourth-order valence-corrected chi connectivity index (χ4v) is 3.52. The topological polar surface area (TPSA) is 67.2 Å². The van der Waals surface area contributed by atoms with Crippen molar-refractivity contribution in [1.82, 2.24) is 9.78 Å². The summed E-state index contributed by atoms with van der Waals surface area (Å²) < 4.78 is 93.7. The Hall–Kier alpha value is -4.35. The highest BCUT2D eigenvalue weighted by atomic mass is 19.4. The fourth-order valence-electron chi connectivity index (χ4n) is 3.52. The van der Waals surface area contributed by atoms with Crippen LogP contribution in [0.3, 0.4) is 0 Å². The number of rotatable bonds is 6. The van der Waals surface area contributed by atoms with Gasteiger partial charge in [-0.05, 0) is 54.6 Å². The molecule has 0 radical (unpaired) electrons. The van der Waals surface area contributed by atoms with Crippen LogP contribution in [-0.2, 0) is 18.9 Å². The number of nitrogens with zero attached hydrogens (tertiary/aromatic N) is 2. The predicted octanol–water partition coefficient (Wildman–Crippen LogP) is 7.03. The van der Waals surface area contributed by atoms with Crippen molar-refractivity contribution in [2.45, 2.75) is 18.9 Å². The molecule has 2 N–H and O–H groups in total. The third-order valence-electron chi connectivity index (χ3n) is 5.42. The number of aromatic carboxylic acids is 1. The monoisotopic (exact) mass is 523 g/mol. The summed E-state index contributed by atoms with van der Waals surface area (Å²) in [5.74, 6) is -2.08. The lowest BCUT2D eigenvalue weighted by atomic mass is 10.1. The minimum atomic E-state index is -4.69. The SMILES string of the molecule is O=C(O)c1ccc(-n2cc(CNc3cc(C(F)(F)F)ccc3F)c(-c3ccc(C(F)(F)F)cc3)n2)cc1. The zero-order chi connectivity index (χ0) is 27.0. The first-order chi connectivity index (χ1) is 17.3. The number of alkyl halides is 6. The molecule has 0 atom stereocenters. The van der Waals surface area contributed by atoms with Gasteiger partial charge in [-0.2, -0.15) is 31.4 Å². The maximum absolute atomic E-state index is 14.2. The molecule has 37 heavy (non-hydrogen) atoms.